The van der Waals surface area contributed by atoms with Gasteiger partial charge in [-0.2, -0.15) is 0 Å². The fourth-order valence-corrected chi connectivity index (χ4v) is 3.75. The van der Waals surface area contributed by atoms with Gasteiger partial charge in [0.25, 0.3) is 5.91 Å². The molecule has 0 bridgehead atoms. The van der Waals surface area contributed by atoms with Crippen LogP contribution in [0.5, 0.6) is 0 Å². The molecule has 0 spiro atoms. The highest BCUT2D eigenvalue weighted by molar-refractivity contribution is 7.14. The van der Waals surface area contributed by atoms with Crippen molar-refractivity contribution in [2.24, 2.45) is 0 Å². The summed E-state index contributed by atoms with van der Waals surface area (Å²) in [7, 11) is 0. The van der Waals surface area contributed by atoms with E-state index in [2.05, 4.69) is 22.4 Å². The molecule has 0 aliphatic heterocycles. The summed E-state index contributed by atoms with van der Waals surface area (Å²) in [5.74, 6) is -2.26. The maximum atomic E-state index is 13.7. The van der Waals surface area contributed by atoms with Crippen LogP contribution in [0, 0.1) is 11.6 Å². The second-order valence-electron chi connectivity index (χ2n) is 5.95. The normalized spacial score (nSPS) is 12.9. The predicted octanol–water partition coefficient (Wildman–Crippen LogP) is 4.83. The molecule has 0 unspecified atom stereocenters. The van der Waals surface area contributed by atoms with Crippen LogP contribution in [0.15, 0.2) is 41.8 Å². The number of hydrogen-bond acceptors (Lipinski definition) is 3. The lowest BCUT2D eigenvalue weighted by Gasteiger charge is -2.04. The highest BCUT2D eigenvalue weighted by atomic mass is 32.1. The van der Waals surface area contributed by atoms with E-state index < -0.39 is 17.5 Å². The van der Waals surface area contributed by atoms with Gasteiger partial charge in [0.05, 0.1) is 11.3 Å². The molecule has 1 amide bonds. The van der Waals surface area contributed by atoms with Gasteiger partial charge in [0.2, 0.25) is 0 Å². The smallest absolute Gasteiger partial charge is 0.260 e. The fraction of sp³-hybridized carbons (Fsp3) is 0.158. The van der Waals surface area contributed by atoms with Gasteiger partial charge in [-0.15, -0.1) is 11.3 Å². The molecule has 0 saturated heterocycles. The summed E-state index contributed by atoms with van der Waals surface area (Å²) in [6.45, 7) is 0. The van der Waals surface area contributed by atoms with Crippen LogP contribution in [0.2, 0.25) is 0 Å². The Balaban J connectivity index is 1.54. The first-order chi connectivity index (χ1) is 12.1. The lowest BCUT2D eigenvalue weighted by atomic mass is 10.1. The van der Waals surface area contributed by atoms with E-state index in [0.717, 1.165) is 36.2 Å². The number of aryl methyl sites for hydroxylation is 2. The van der Waals surface area contributed by atoms with Crippen molar-refractivity contribution in [3.05, 3.63) is 70.1 Å². The van der Waals surface area contributed by atoms with Gasteiger partial charge in [-0.25, -0.2) is 13.8 Å². The molecule has 0 fully saturated rings. The van der Waals surface area contributed by atoms with Gasteiger partial charge in [0.1, 0.15) is 11.6 Å². The van der Waals surface area contributed by atoms with Gasteiger partial charge in [-0.1, -0.05) is 12.1 Å². The summed E-state index contributed by atoms with van der Waals surface area (Å²) >= 11 is 1.27. The van der Waals surface area contributed by atoms with Crippen molar-refractivity contribution in [1.82, 2.24) is 4.98 Å². The van der Waals surface area contributed by atoms with E-state index in [4.69, 9.17) is 0 Å². The van der Waals surface area contributed by atoms with E-state index >= 15 is 0 Å². The number of amides is 1. The molecule has 3 nitrogen and oxygen atoms in total. The molecule has 1 aromatic heterocycles. The third-order valence-electron chi connectivity index (χ3n) is 4.29. The topological polar surface area (TPSA) is 42.0 Å². The Morgan fingerprint density at radius 3 is 2.76 bits per heavy atom. The fourth-order valence-electron chi connectivity index (χ4n) is 3.03. The Kier molecular flexibility index (Phi) is 4.05. The quantitative estimate of drug-likeness (QED) is 0.730. The molecular formula is C19H14F2N2OS. The summed E-state index contributed by atoms with van der Waals surface area (Å²) in [5, 5.41) is 4.80. The molecule has 1 N–H and O–H groups in total. The molecule has 25 heavy (non-hydrogen) atoms. The van der Waals surface area contributed by atoms with E-state index in [9.17, 15) is 13.6 Å². The van der Waals surface area contributed by atoms with Crippen molar-refractivity contribution in [1.29, 1.82) is 0 Å². The zero-order valence-electron chi connectivity index (χ0n) is 13.2. The van der Waals surface area contributed by atoms with Crippen molar-refractivity contribution in [2.45, 2.75) is 19.3 Å². The molecule has 2 aromatic carbocycles. The number of rotatable bonds is 3. The zero-order valence-corrected chi connectivity index (χ0v) is 14.0. The van der Waals surface area contributed by atoms with Crippen LogP contribution >= 0.6 is 11.3 Å². The summed E-state index contributed by atoms with van der Waals surface area (Å²) in [5.41, 5.74) is 4.30. The van der Waals surface area contributed by atoms with Crippen LogP contribution in [0.3, 0.4) is 0 Å². The lowest BCUT2D eigenvalue weighted by Crippen LogP contribution is -2.13. The van der Waals surface area contributed by atoms with Gasteiger partial charge in [-0.3, -0.25) is 10.1 Å². The highest BCUT2D eigenvalue weighted by Crippen LogP contribution is 2.30. The number of anilines is 1. The maximum absolute atomic E-state index is 13.7. The van der Waals surface area contributed by atoms with Crippen molar-refractivity contribution >= 4 is 22.4 Å². The minimum absolute atomic E-state index is 0.212. The van der Waals surface area contributed by atoms with E-state index in [1.807, 2.05) is 11.4 Å². The molecule has 1 heterocycles. The van der Waals surface area contributed by atoms with Gasteiger partial charge >= 0.3 is 0 Å². The third kappa shape index (κ3) is 3.17. The van der Waals surface area contributed by atoms with Crippen LogP contribution in [0.25, 0.3) is 11.3 Å². The number of nitrogens with zero attached hydrogens (tertiary/aromatic N) is 1. The first kappa shape index (κ1) is 15.9. The number of benzene rings is 2. The van der Waals surface area contributed by atoms with Gasteiger partial charge < -0.3 is 0 Å². The largest absolute Gasteiger partial charge is 0.298 e. The van der Waals surface area contributed by atoms with Crippen LogP contribution in [0.4, 0.5) is 13.9 Å². The van der Waals surface area contributed by atoms with Crippen molar-refractivity contribution in [3.63, 3.8) is 0 Å². The number of nitrogens with one attached hydrogen (secondary N) is 1. The summed E-state index contributed by atoms with van der Waals surface area (Å²) in [6.07, 6.45) is 3.39. The standard InChI is InChI=1S/C19H14F2N2OS/c20-14-6-7-15(16(21)9-14)18(24)23-19-22-17(10-25-19)13-5-4-11-2-1-3-12(11)8-13/h4-10H,1-3H2,(H,22,23,24). The molecule has 6 heteroatoms. The van der Waals surface area contributed by atoms with Gasteiger partial charge in [0.15, 0.2) is 5.13 Å². The van der Waals surface area contributed by atoms with Gasteiger partial charge in [-0.05, 0) is 48.6 Å². The second kappa shape index (κ2) is 6.37. The van der Waals surface area contributed by atoms with E-state index in [1.165, 1.54) is 28.9 Å². The number of aromatic nitrogens is 1. The average molecular weight is 356 g/mol. The maximum Gasteiger partial charge on any atom is 0.260 e. The van der Waals surface area contributed by atoms with E-state index in [1.54, 1.807) is 0 Å². The number of hydrogen-bond donors (Lipinski definition) is 1. The number of fused-ring (bicyclic) bond motifs is 1. The Morgan fingerprint density at radius 2 is 1.92 bits per heavy atom. The SMILES string of the molecule is O=C(Nc1nc(-c2ccc3c(c2)CCC3)cs1)c1ccc(F)cc1F. The minimum atomic E-state index is -0.895. The number of carbonyl (C=O) groups is 1. The Hall–Kier alpha value is -2.60. The predicted molar refractivity (Wildman–Crippen MR) is 93.9 cm³/mol. The monoisotopic (exact) mass is 356 g/mol. The molecule has 126 valence electrons. The Morgan fingerprint density at radius 1 is 1.08 bits per heavy atom. The van der Waals surface area contributed by atoms with Crippen LogP contribution < -0.4 is 5.32 Å². The summed E-state index contributed by atoms with van der Waals surface area (Å²) < 4.78 is 26.6. The summed E-state index contributed by atoms with van der Waals surface area (Å²) in [6, 6.07) is 9.16. The van der Waals surface area contributed by atoms with E-state index in [0.29, 0.717) is 11.2 Å². The number of halogens is 2. The van der Waals surface area contributed by atoms with Crippen LogP contribution in [-0.4, -0.2) is 10.9 Å². The molecule has 3 aromatic rings. The van der Waals surface area contributed by atoms with Crippen molar-refractivity contribution in [2.75, 3.05) is 5.32 Å². The number of thiazole rings is 1. The highest BCUT2D eigenvalue weighted by Gasteiger charge is 2.16. The average Bonchev–Trinajstić information content (AvgIpc) is 3.22. The molecular weight excluding hydrogens is 342 g/mol. The van der Waals surface area contributed by atoms with Crippen molar-refractivity contribution < 1.29 is 13.6 Å². The Labute approximate surface area is 147 Å². The molecule has 1 aliphatic rings. The number of carbonyl (C=O) groups excluding carboxylic acids is 1. The van der Waals surface area contributed by atoms with Gasteiger partial charge in [0, 0.05) is 17.0 Å². The first-order valence-electron chi connectivity index (χ1n) is 7.94. The third-order valence-corrected chi connectivity index (χ3v) is 5.05. The molecule has 1 aliphatic carbocycles. The summed E-state index contributed by atoms with van der Waals surface area (Å²) in [4.78, 5) is 16.5. The van der Waals surface area contributed by atoms with Crippen molar-refractivity contribution in [3.8, 4) is 11.3 Å². The second-order valence-corrected chi connectivity index (χ2v) is 6.81. The Bertz CT molecular complexity index is 968. The lowest BCUT2D eigenvalue weighted by molar-refractivity contribution is 0.102. The molecule has 0 atom stereocenters. The van der Waals surface area contributed by atoms with E-state index in [-0.39, 0.29) is 5.56 Å². The molecule has 0 saturated carbocycles. The van der Waals surface area contributed by atoms with Crippen LogP contribution in [0.1, 0.15) is 27.9 Å². The van der Waals surface area contributed by atoms with Crippen LogP contribution in [-0.2, 0) is 12.8 Å². The molecule has 4 rings (SSSR count). The molecule has 0 radical (unpaired) electrons. The zero-order chi connectivity index (χ0) is 17.4. The minimum Gasteiger partial charge on any atom is -0.298 e. The first-order valence-corrected chi connectivity index (χ1v) is 8.82.